The molecule has 0 saturated carbocycles. The van der Waals surface area contributed by atoms with Crippen LogP contribution in [-0.2, 0) is 9.53 Å². The molecule has 2 rings (SSSR count). The molecule has 2 heterocycles. The Balaban J connectivity index is 1.72. The van der Waals surface area contributed by atoms with E-state index in [0.29, 0.717) is 48.1 Å². The predicted molar refractivity (Wildman–Crippen MR) is 138 cm³/mol. The summed E-state index contributed by atoms with van der Waals surface area (Å²) in [6, 6.07) is 3.48. The SMILES string of the molecule is C=C/C=C(\N=CC)C1=NNC(c2ccc(NC(=O)CCCCCNC(=O)OC(C)(C)C)cn2)=NN1. The number of hydrazone groups is 2. The molecule has 35 heavy (non-hydrogen) atoms. The molecule has 0 saturated heterocycles. The average Bonchev–Trinajstić information content (AvgIpc) is 2.81. The Kier molecular flexibility index (Phi) is 10.6. The molecule has 1 aromatic rings. The number of carbonyl (C=O) groups is 2. The molecule has 0 radical (unpaired) electrons. The van der Waals surface area contributed by atoms with Crippen molar-refractivity contribution in [3.63, 3.8) is 0 Å². The van der Waals surface area contributed by atoms with Crippen molar-refractivity contribution >= 4 is 35.6 Å². The summed E-state index contributed by atoms with van der Waals surface area (Å²) in [4.78, 5) is 32.3. The lowest BCUT2D eigenvalue weighted by molar-refractivity contribution is -0.116. The maximum atomic E-state index is 12.2. The lowest BCUT2D eigenvalue weighted by Gasteiger charge is -2.19. The van der Waals surface area contributed by atoms with Crippen molar-refractivity contribution in [2.75, 3.05) is 11.9 Å². The fourth-order valence-corrected chi connectivity index (χ4v) is 2.85. The van der Waals surface area contributed by atoms with E-state index in [1.807, 2.05) is 20.8 Å². The number of hydrogen-bond donors (Lipinski definition) is 4. The van der Waals surface area contributed by atoms with Crippen LogP contribution in [0.4, 0.5) is 10.5 Å². The third kappa shape index (κ3) is 10.2. The minimum Gasteiger partial charge on any atom is -0.444 e. The van der Waals surface area contributed by atoms with Gasteiger partial charge >= 0.3 is 6.09 Å². The predicted octanol–water partition coefficient (Wildman–Crippen LogP) is 3.43. The number of ether oxygens (including phenoxy) is 1. The summed E-state index contributed by atoms with van der Waals surface area (Å²) < 4.78 is 5.18. The Morgan fingerprint density at radius 1 is 1.17 bits per heavy atom. The smallest absolute Gasteiger partial charge is 0.407 e. The number of aromatic nitrogens is 1. The second-order valence-electron chi connectivity index (χ2n) is 8.54. The van der Waals surface area contributed by atoms with Crippen LogP contribution in [0.25, 0.3) is 0 Å². The molecule has 11 heteroatoms. The van der Waals surface area contributed by atoms with Crippen molar-refractivity contribution in [2.45, 2.75) is 59.0 Å². The molecular formula is C24H34N8O3. The first kappa shape index (κ1) is 27.2. The van der Waals surface area contributed by atoms with E-state index >= 15 is 0 Å². The number of aliphatic imine (C=N–C) groups is 1. The summed E-state index contributed by atoms with van der Waals surface area (Å²) in [6.45, 7) is 11.4. The molecule has 0 atom stereocenters. The Bertz CT molecular complexity index is 1000. The summed E-state index contributed by atoms with van der Waals surface area (Å²) in [5, 5.41) is 14.0. The van der Waals surface area contributed by atoms with E-state index in [2.05, 4.69) is 48.2 Å². The van der Waals surface area contributed by atoms with Crippen LogP contribution in [0.1, 0.15) is 59.1 Å². The van der Waals surface area contributed by atoms with Gasteiger partial charge in [-0.1, -0.05) is 19.1 Å². The highest BCUT2D eigenvalue weighted by atomic mass is 16.6. The average molecular weight is 483 g/mol. The number of pyridine rings is 1. The number of nitrogens with one attached hydrogen (secondary N) is 4. The van der Waals surface area contributed by atoms with Crippen LogP contribution in [-0.4, -0.2) is 47.0 Å². The highest BCUT2D eigenvalue weighted by Gasteiger charge is 2.16. The van der Waals surface area contributed by atoms with Gasteiger partial charge in [0.25, 0.3) is 0 Å². The number of alkyl carbamates (subject to hydrolysis) is 1. The maximum Gasteiger partial charge on any atom is 0.407 e. The van der Waals surface area contributed by atoms with Gasteiger partial charge in [-0.15, -0.1) is 0 Å². The zero-order valence-corrected chi connectivity index (χ0v) is 20.7. The number of allylic oxidation sites excluding steroid dienone is 2. The summed E-state index contributed by atoms with van der Waals surface area (Å²) in [5.74, 6) is 0.794. The highest BCUT2D eigenvalue weighted by molar-refractivity contribution is 6.05. The molecule has 1 aromatic heterocycles. The first-order valence-electron chi connectivity index (χ1n) is 11.4. The van der Waals surface area contributed by atoms with Crippen LogP contribution in [0, 0.1) is 0 Å². The van der Waals surface area contributed by atoms with Gasteiger partial charge in [-0.25, -0.2) is 4.79 Å². The first-order valence-corrected chi connectivity index (χ1v) is 11.4. The van der Waals surface area contributed by atoms with Gasteiger partial charge in [-0.05, 0) is 58.7 Å². The number of nitrogens with zero attached hydrogens (tertiary/aromatic N) is 4. The van der Waals surface area contributed by atoms with E-state index in [1.54, 1.807) is 43.6 Å². The van der Waals surface area contributed by atoms with Gasteiger partial charge in [0.05, 0.1) is 11.9 Å². The number of amidine groups is 2. The van der Waals surface area contributed by atoms with Crippen LogP contribution in [0.5, 0.6) is 0 Å². The van der Waals surface area contributed by atoms with Gasteiger partial charge in [-0.3, -0.25) is 25.6 Å². The molecular weight excluding hydrogens is 448 g/mol. The molecule has 0 aromatic carbocycles. The fraction of sp³-hybridized carbons (Fsp3) is 0.417. The Labute approximate surface area is 205 Å². The van der Waals surface area contributed by atoms with Crippen LogP contribution in [0.15, 0.2) is 58.0 Å². The summed E-state index contributed by atoms with van der Waals surface area (Å²) in [6.07, 6.45) is 8.79. The fourth-order valence-electron chi connectivity index (χ4n) is 2.85. The molecule has 0 fully saturated rings. The van der Waals surface area contributed by atoms with E-state index in [0.717, 1.165) is 12.8 Å². The third-order valence-electron chi connectivity index (χ3n) is 4.37. The molecule has 0 spiro atoms. The highest BCUT2D eigenvalue weighted by Crippen LogP contribution is 2.10. The topological polar surface area (TPSA) is 141 Å². The minimum absolute atomic E-state index is 0.0956. The Morgan fingerprint density at radius 2 is 1.97 bits per heavy atom. The molecule has 188 valence electrons. The summed E-state index contributed by atoms with van der Waals surface area (Å²) in [7, 11) is 0. The van der Waals surface area contributed by atoms with Crippen molar-refractivity contribution in [3.8, 4) is 0 Å². The molecule has 1 aliphatic heterocycles. The van der Waals surface area contributed by atoms with Crippen LogP contribution in [0.3, 0.4) is 0 Å². The normalized spacial score (nSPS) is 13.8. The monoisotopic (exact) mass is 482 g/mol. The number of hydrogen-bond acceptors (Lipinski definition) is 9. The number of unbranched alkanes of at least 4 members (excludes halogenated alkanes) is 2. The van der Waals surface area contributed by atoms with Crippen molar-refractivity contribution in [1.82, 2.24) is 21.2 Å². The van der Waals surface area contributed by atoms with Crippen molar-refractivity contribution in [2.24, 2.45) is 15.2 Å². The largest absolute Gasteiger partial charge is 0.444 e. The maximum absolute atomic E-state index is 12.2. The van der Waals surface area contributed by atoms with Gasteiger partial charge in [0.1, 0.15) is 17.0 Å². The van der Waals surface area contributed by atoms with E-state index in [4.69, 9.17) is 4.74 Å². The zero-order chi connectivity index (χ0) is 25.7. The summed E-state index contributed by atoms with van der Waals surface area (Å²) in [5.41, 5.74) is 6.91. The Morgan fingerprint density at radius 3 is 2.57 bits per heavy atom. The van der Waals surface area contributed by atoms with E-state index < -0.39 is 11.7 Å². The van der Waals surface area contributed by atoms with Gasteiger partial charge in [0.2, 0.25) is 5.91 Å². The number of amides is 2. The first-order chi connectivity index (χ1) is 16.7. The molecule has 1 aliphatic rings. The summed E-state index contributed by atoms with van der Waals surface area (Å²) >= 11 is 0. The molecule has 4 N–H and O–H groups in total. The third-order valence-corrected chi connectivity index (χ3v) is 4.37. The molecule has 0 aliphatic carbocycles. The molecule has 2 amide bonds. The van der Waals surface area contributed by atoms with E-state index in [1.165, 1.54) is 0 Å². The van der Waals surface area contributed by atoms with Crippen molar-refractivity contribution in [1.29, 1.82) is 0 Å². The van der Waals surface area contributed by atoms with Crippen molar-refractivity contribution < 1.29 is 14.3 Å². The number of anilines is 1. The Hall–Kier alpha value is -4.02. The minimum atomic E-state index is -0.513. The second-order valence-corrected chi connectivity index (χ2v) is 8.54. The van der Waals surface area contributed by atoms with Crippen molar-refractivity contribution in [3.05, 3.63) is 48.5 Å². The van der Waals surface area contributed by atoms with E-state index in [9.17, 15) is 9.59 Å². The van der Waals surface area contributed by atoms with E-state index in [-0.39, 0.29) is 5.91 Å². The van der Waals surface area contributed by atoms with Crippen LogP contribution < -0.4 is 21.5 Å². The molecule has 11 nitrogen and oxygen atoms in total. The van der Waals surface area contributed by atoms with Gasteiger partial charge in [-0.2, -0.15) is 10.2 Å². The van der Waals surface area contributed by atoms with Crippen LogP contribution >= 0.6 is 0 Å². The number of carbonyl (C=O) groups excluding carboxylic acids is 2. The second kappa shape index (κ2) is 13.6. The van der Waals surface area contributed by atoms with Crippen LogP contribution in [0.2, 0.25) is 0 Å². The molecule has 0 unspecified atom stereocenters. The lowest BCUT2D eigenvalue weighted by Crippen LogP contribution is -2.35. The van der Waals surface area contributed by atoms with Gasteiger partial charge in [0, 0.05) is 19.2 Å². The molecule has 0 bridgehead atoms. The number of rotatable bonds is 11. The standard InChI is InChI=1S/C24H34N8O3/c1-6-11-18(25-7-2)21-29-31-22(32-30-21)19-14-13-17(16-27-19)28-20(33)12-9-8-10-15-26-23(34)35-24(3,4)5/h6-7,11,13-14,16H,1,8-10,12,15H2,2-5H3,(H,26,34)(H,28,33)(H,29,30)(H,31,32)/b18-11-,25-7?. The lowest BCUT2D eigenvalue weighted by atomic mass is 10.2. The quantitative estimate of drug-likeness (QED) is 0.216. The zero-order valence-electron chi connectivity index (χ0n) is 20.7. The van der Waals surface area contributed by atoms with Gasteiger partial charge in [0.15, 0.2) is 11.7 Å². The van der Waals surface area contributed by atoms with Gasteiger partial charge < -0.3 is 15.4 Å².